The number of nitrogens with two attached hydrogens (primary N) is 1. The summed E-state index contributed by atoms with van der Waals surface area (Å²) in [5.41, 5.74) is 5.53. The highest BCUT2D eigenvalue weighted by Gasteiger charge is 2.34. The maximum atomic E-state index is 11.8. The van der Waals surface area contributed by atoms with E-state index in [2.05, 4.69) is 41.5 Å². The van der Waals surface area contributed by atoms with Gasteiger partial charge in [-0.15, -0.1) is 0 Å². The molecule has 0 rings (SSSR count). The number of ether oxygens (including phenoxy) is 2. The highest BCUT2D eigenvalue weighted by atomic mass is 16.6. The van der Waals surface area contributed by atoms with Crippen molar-refractivity contribution in [2.24, 2.45) is 11.1 Å². The van der Waals surface area contributed by atoms with Crippen molar-refractivity contribution in [2.75, 3.05) is 6.61 Å². The predicted molar refractivity (Wildman–Crippen MR) is 82.5 cm³/mol. The fourth-order valence-corrected chi connectivity index (χ4v) is 1.40. The molecule has 2 unspecified atom stereocenters. The Morgan fingerprint density at radius 3 is 2.20 bits per heavy atom. The van der Waals surface area contributed by atoms with Crippen LogP contribution in [-0.2, 0) is 14.3 Å². The van der Waals surface area contributed by atoms with Gasteiger partial charge in [-0.2, -0.15) is 0 Å². The van der Waals surface area contributed by atoms with Crippen molar-refractivity contribution in [3.8, 4) is 0 Å². The van der Waals surface area contributed by atoms with E-state index in [4.69, 9.17) is 15.2 Å². The summed E-state index contributed by atoms with van der Waals surface area (Å²) in [6.07, 6.45) is 2.37. The highest BCUT2D eigenvalue weighted by molar-refractivity contribution is 5.75. The van der Waals surface area contributed by atoms with Gasteiger partial charge < -0.3 is 15.2 Å². The van der Waals surface area contributed by atoms with E-state index in [0.717, 1.165) is 12.8 Å². The number of hydrogen-bond acceptors (Lipinski definition) is 4. The van der Waals surface area contributed by atoms with Crippen molar-refractivity contribution < 1.29 is 14.3 Å². The van der Waals surface area contributed by atoms with Crippen LogP contribution in [-0.4, -0.2) is 30.3 Å². The summed E-state index contributed by atoms with van der Waals surface area (Å²) in [6, 6.07) is -0.520. The second-order valence-electron chi connectivity index (χ2n) is 7.07. The Morgan fingerprint density at radius 1 is 1.20 bits per heavy atom. The Kier molecular flexibility index (Phi) is 7.74. The Morgan fingerprint density at radius 2 is 1.75 bits per heavy atom. The van der Waals surface area contributed by atoms with Crippen LogP contribution >= 0.6 is 0 Å². The SMILES string of the molecule is CCCCC(N)C(=O)OC(C)COC(C)(C)C(C)(C)C. The molecule has 20 heavy (non-hydrogen) atoms. The first-order chi connectivity index (χ1) is 9.01. The van der Waals surface area contributed by atoms with Crippen LogP contribution in [0.5, 0.6) is 0 Å². The van der Waals surface area contributed by atoms with Crippen LogP contribution in [0.4, 0.5) is 0 Å². The fraction of sp³-hybridized carbons (Fsp3) is 0.938. The molecule has 2 N–H and O–H groups in total. The van der Waals surface area contributed by atoms with Crippen molar-refractivity contribution in [1.82, 2.24) is 0 Å². The molecule has 2 atom stereocenters. The molecule has 0 aliphatic rings. The normalized spacial score (nSPS) is 15.8. The van der Waals surface area contributed by atoms with Gasteiger partial charge in [-0.05, 0) is 32.6 Å². The largest absolute Gasteiger partial charge is 0.459 e. The number of rotatable bonds is 8. The van der Waals surface area contributed by atoms with Gasteiger partial charge in [0.1, 0.15) is 12.1 Å². The summed E-state index contributed by atoms with van der Waals surface area (Å²) < 4.78 is 11.2. The first-order valence-corrected chi connectivity index (χ1v) is 7.61. The summed E-state index contributed by atoms with van der Waals surface area (Å²) in [7, 11) is 0. The van der Waals surface area contributed by atoms with Gasteiger partial charge in [0.05, 0.1) is 12.2 Å². The van der Waals surface area contributed by atoms with Crippen LogP contribution < -0.4 is 5.73 Å². The number of carbonyl (C=O) groups excluding carboxylic acids is 1. The molecule has 4 heteroatoms. The van der Waals surface area contributed by atoms with Crippen LogP contribution in [0.15, 0.2) is 0 Å². The predicted octanol–water partition coefficient (Wildman–Crippen LogP) is 3.28. The zero-order chi connectivity index (χ0) is 16.0. The second-order valence-corrected chi connectivity index (χ2v) is 7.07. The molecule has 0 aromatic heterocycles. The number of carbonyl (C=O) groups is 1. The fourth-order valence-electron chi connectivity index (χ4n) is 1.40. The Balaban J connectivity index is 4.17. The molecule has 0 amide bonds. The molecule has 0 radical (unpaired) electrons. The second kappa shape index (κ2) is 7.99. The molecule has 0 heterocycles. The van der Waals surface area contributed by atoms with E-state index in [-0.39, 0.29) is 23.1 Å². The van der Waals surface area contributed by atoms with E-state index in [9.17, 15) is 4.79 Å². The first kappa shape index (κ1) is 19.4. The van der Waals surface area contributed by atoms with Gasteiger partial charge in [-0.3, -0.25) is 4.79 Å². The summed E-state index contributed by atoms with van der Waals surface area (Å²) in [6.45, 7) is 14.8. The zero-order valence-corrected chi connectivity index (χ0v) is 14.3. The molecule has 120 valence electrons. The molecular formula is C16H33NO3. The Hall–Kier alpha value is -0.610. The number of unbranched alkanes of at least 4 members (excludes halogenated alkanes) is 1. The molecule has 0 saturated carbocycles. The minimum Gasteiger partial charge on any atom is -0.459 e. The lowest BCUT2D eigenvalue weighted by Crippen LogP contribution is -2.42. The van der Waals surface area contributed by atoms with Gasteiger partial charge in [0.15, 0.2) is 0 Å². The lowest BCUT2D eigenvalue weighted by molar-refractivity contribution is -0.161. The quantitative estimate of drug-likeness (QED) is 0.696. The summed E-state index contributed by atoms with van der Waals surface area (Å²) in [4.78, 5) is 11.8. The summed E-state index contributed by atoms with van der Waals surface area (Å²) in [5.74, 6) is -0.330. The van der Waals surface area contributed by atoms with Gasteiger partial charge >= 0.3 is 5.97 Å². The smallest absolute Gasteiger partial charge is 0.323 e. The van der Waals surface area contributed by atoms with Crippen molar-refractivity contribution in [3.05, 3.63) is 0 Å². The zero-order valence-electron chi connectivity index (χ0n) is 14.3. The molecule has 0 fully saturated rings. The van der Waals surface area contributed by atoms with E-state index < -0.39 is 6.04 Å². The van der Waals surface area contributed by atoms with E-state index in [1.807, 2.05) is 6.92 Å². The molecule has 0 aliphatic heterocycles. The third-order valence-electron chi connectivity index (χ3n) is 3.97. The van der Waals surface area contributed by atoms with Gasteiger partial charge in [0, 0.05) is 0 Å². The molecular weight excluding hydrogens is 254 g/mol. The van der Waals surface area contributed by atoms with Crippen LogP contribution in [0.1, 0.15) is 67.7 Å². The number of hydrogen-bond donors (Lipinski definition) is 1. The van der Waals surface area contributed by atoms with E-state index in [0.29, 0.717) is 13.0 Å². The molecule has 0 aliphatic carbocycles. The van der Waals surface area contributed by atoms with E-state index >= 15 is 0 Å². The van der Waals surface area contributed by atoms with Gasteiger partial charge in [-0.1, -0.05) is 40.5 Å². The van der Waals surface area contributed by atoms with Crippen molar-refractivity contribution >= 4 is 5.97 Å². The topological polar surface area (TPSA) is 61.6 Å². The van der Waals surface area contributed by atoms with Crippen molar-refractivity contribution in [2.45, 2.75) is 85.5 Å². The molecule has 0 bridgehead atoms. The highest BCUT2D eigenvalue weighted by Crippen LogP contribution is 2.33. The molecule has 0 saturated heterocycles. The van der Waals surface area contributed by atoms with Crippen molar-refractivity contribution in [1.29, 1.82) is 0 Å². The minimum absolute atomic E-state index is 0.0221. The molecule has 0 spiro atoms. The Bertz CT molecular complexity index is 295. The third kappa shape index (κ3) is 6.71. The molecule has 0 aromatic rings. The lowest BCUT2D eigenvalue weighted by Gasteiger charge is -2.39. The minimum atomic E-state index is -0.520. The Labute approximate surface area is 124 Å². The van der Waals surface area contributed by atoms with Crippen LogP contribution in [0, 0.1) is 5.41 Å². The maximum Gasteiger partial charge on any atom is 0.323 e. The summed E-state index contributed by atoms with van der Waals surface area (Å²) >= 11 is 0. The average molecular weight is 287 g/mol. The molecule has 4 nitrogen and oxygen atoms in total. The lowest BCUT2D eigenvalue weighted by atomic mass is 9.79. The van der Waals surface area contributed by atoms with Crippen LogP contribution in [0.2, 0.25) is 0 Å². The van der Waals surface area contributed by atoms with Gasteiger partial charge in [-0.25, -0.2) is 0 Å². The standard InChI is InChI=1S/C16H33NO3/c1-8-9-10-13(17)14(18)20-12(2)11-19-16(6,7)15(3,4)5/h12-13H,8-11,17H2,1-7H3. The van der Waals surface area contributed by atoms with Crippen LogP contribution in [0.25, 0.3) is 0 Å². The van der Waals surface area contributed by atoms with Crippen molar-refractivity contribution in [3.63, 3.8) is 0 Å². The average Bonchev–Trinajstić information content (AvgIpc) is 2.32. The summed E-state index contributed by atoms with van der Waals surface area (Å²) in [5, 5.41) is 0. The van der Waals surface area contributed by atoms with E-state index in [1.165, 1.54) is 0 Å². The number of esters is 1. The van der Waals surface area contributed by atoms with Gasteiger partial charge in [0.2, 0.25) is 0 Å². The van der Waals surface area contributed by atoms with Crippen LogP contribution in [0.3, 0.4) is 0 Å². The monoisotopic (exact) mass is 287 g/mol. The first-order valence-electron chi connectivity index (χ1n) is 7.61. The molecule has 0 aromatic carbocycles. The van der Waals surface area contributed by atoms with E-state index in [1.54, 1.807) is 0 Å². The maximum absolute atomic E-state index is 11.8. The van der Waals surface area contributed by atoms with Gasteiger partial charge in [0.25, 0.3) is 0 Å². The third-order valence-corrected chi connectivity index (χ3v) is 3.97.